The second-order valence-electron chi connectivity index (χ2n) is 6.92. The zero-order chi connectivity index (χ0) is 17.0. The van der Waals surface area contributed by atoms with E-state index in [0.717, 1.165) is 49.2 Å². The first-order valence-corrected chi connectivity index (χ1v) is 8.81. The number of anilines is 1. The van der Waals surface area contributed by atoms with Gasteiger partial charge >= 0.3 is 0 Å². The summed E-state index contributed by atoms with van der Waals surface area (Å²) < 4.78 is 5.76. The molecule has 4 nitrogen and oxygen atoms in total. The molecule has 1 heterocycles. The summed E-state index contributed by atoms with van der Waals surface area (Å²) in [5, 5.41) is 0. The van der Waals surface area contributed by atoms with Crippen molar-refractivity contribution in [2.24, 2.45) is 11.7 Å². The Labute approximate surface area is 140 Å². The highest BCUT2D eigenvalue weighted by molar-refractivity contribution is 5.99. The molecule has 1 aliphatic heterocycles. The molecule has 4 heteroatoms. The summed E-state index contributed by atoms with van der Waals surface area (Å²) in [6.07, 6.45) is 3.79. The van der Waals surface area contributed by atoms with Gasteiger partial charge in [0.1, 0.15) is 5.75 Å². The summed E-state index contributed by atoms with van der Waals surface area (Å²) in [7, 11) is 0. The van der Waals surface area contributed by atoms with Crippen molar-refractivity contribution in [3.05, 3.63) is 23.8 Å². The molecule has 0 spiro atoms. The van der Waals surface area contributed by atoms with Gasteiger partial charge in [-0.2, -0.15) is 0 Å². The fraction of sp³-hybridized carbons (Fsp3) is 0.632. The van der Waals surface area contributed by atoms with Crippen LogP contribution in [0.5, 0.6) is 5.75 Å². The van der Waals surface area contributed by atoms with Crippen molar-refractivity contribution in [2.75, 3.05) is 11.4 Å². The van der Waals surface area contributed by atoms with Crippen LogP contribution < -0.4 is 15.4 Å². The van der Waals surface area contributed by atoms with E-state index in [9.17, 15) is 4.79 Å². The van der Waals surface area contributed by atoms with E-state index in [4.69, 9.17) is 10.5 Å². The number of carbonyl (C=O) groups excluding carboxylic acids is 1. The van der Waals surface area contributed by atoms with E-state index in [2.05, 4.69) is 20.8 Å². The average molecular weight is 318 g/mol. The van der Waals surface area contributed by atoms with Crippen molar-refractivity contribution in [3.63, 3.8) is 0 Å². The molecule has 128 valence electrons. The number of unbranched alkanes of at least 4 members (excludes halogenated alkanes) is 2. The normalized spacial score (nSPS) is 18.8. The molecule has 2 atom stereocenters. The molecule has 2 N–H and O–H groups in total. The van der Waals surface area contributed by atoms with Crippen LogP contribution in [-0.2, 0) is 4.79 Å². The Kier molecular flexibility index (Phi) is 6.05. The Morgan fingerprint density at radius 2 is 2.04 bits per heavy atom. The predicted octanol–water partition coefficient (Wildman–Crippen LogP) is 4.04. The lowest BCUT2D eigenvalue weighted by Crippen LogP contribution is -2.45. The van der Waals surface area contributed by atoms with Crippen molar-refractivity contribution in [3.8, 4) is 5.75 Å². The van der Waals surface area contributed by atoms with Gasteiger partial charge in [0.25, 0.3) is 5.91 Å². The SMILES string of the molecule is CCCCCN1C(=O)C(C)Oc2ccc(C(N)CC(C)C)cc21. The van der Waals surface area contributed by atoms with Gasteiger partial charge in [0.05, 0.1) is 5.69 Å². The van der Waals surface area contributed by atoms with E-state index < -0.39 is 6.10 Å². The summed E-state index contributed by atoms with van der Waals surface area (Å²) in [4.78, 5) is 14.4. The minimum Gasteiger partial charge on any atom is -0.479 e. The Hall–Kier alpha value is -1.55. The first-order valence-electron chi connectivity index (χ1n) is 8.81. The molecule has 0 aromatic heterocycles. The number of fused-ring (bicyclic) bond motifs is 1. The molecule has 0 bridgehead atoms. The number of amides is 1. The maximum Gasteiger partial charge on any atom is 0.267 e. The lowest BCUT2D eigenvalue weighted by atomic mass is 9.96. The first-order chi connectivity index (χ1) is 10.9. The van der Waals surface area contributed by atoms with Crippen molar-refractivity contribution < 1.29 is 9.53 Å². The maximum atomic E-state index is 12.5. The highest BCUT2D eigenvalue weighted by Crippen LogP contribution is 2.36. The number of nitrogens with two attached hydrogens (primary N) is 1. The molecule has 1 aromatic carbocycles. The molecule has 0 aliphatic carbocycles. The monoisotopic (exact) mass is 318 g/mol. The Morgan fingerprint density at radius 3 is 2.70 bits per heavy atom. The number of ether oxygens (including phenoxy) is 1. The fourth-order valence-electron chi connectivity index (χ4n) is 3.05. The van der Waals surface area contributed by atoms with Crippen molar-refractivity contribution >= 4 is 11.6 Å². The van der Waals surface area contributed by atoms with E-state index in [1.807, 2.05) is 30.0 Å². The molecule has 0 fully saturated rings. The van der Waals surface area contributed by atoms with Gasteiger partial charge in [0, 0.05) is 12.6 Å². The zero-order valence-corrected chi connectivity index (χ0v) is 14.8. The third-order valence-corrected chi connectivity index (χ3v) is 4.33. The van der Waals surface area contributed by atoms with Gasteiger partial charge in [-0.3, -0.25) is 4.79 Å². The predicted molar refractivity (Wildman–Crippen MR) is 94.8 cm³/mol. The van der Waals surface area contributed by atoms with Crippen LogP contribution >= 0.6 is 0 Å². The summed E-state index contributed by atoms with van der Waals surface area (Å²) in [5.41, 5.74) is 8.26. The Bertz CT molecular complexity index is 542. The van der Waals surface area contributed by atoms with E-state index in [0.29, 0.717) is 5.92 Å². The summed E-state index contributed by atoms with van der Waals surface area (Å²) in [5.74, 6) is 1.37. The van der Waals surface area contributed by atoms with Crippen molar-refractivity contribution in [1.29, 1.82) is 0 Å². The molecule has 1 aliphatic rings. The molecule has 0 saturated carbocycles. The third kappa shape index (κ3) is 4.25. The topological polar surface area (TPSA) is 55.6 Å². The van der Waals surface area contributed by atoms with Crippen LogP contribution in [0.2, 0.25) is 0 Å². The smallest absolute Gasteiger partial charge is 0.267 e. The standard InChI is InChI=1S/C19H30N2O2/c1-5-6-7-10-21-17-12-15(16(20)11-13(2)3)8-9-18(17)23-14(4)19(21)22/h8-9,12-14,16H,5-7,10-11,20H2,1-4H3. The Morgan fingerprint density at radius 1 is 1.30 bits per heavy atom. The second kappa shape index (κ2) is 7.82. The van der Waals surface area contributed by atoms with Gasteiger partial charge in [-0.15, -0.1) is 0 Å². The molecule has 0 saturated heterocycles. The van der Waals surface area contributed by atoms with Crippen molar-refractivity contribution in [2.45, 2.75) is 65.5 Å². The number of nitrogens with zero attached hydrogens (tertiary/aromatic N) is 1. The largest absolute Gasteiger partial charge is 0.479 e. The highest BCUT2D eigenvalue weighted by atomic mass is 16.5. The van der Waals surface area contributed by atoms with Gasteiger partial charge in [-0.05, 0) is 43.4 Å². The minimum atomic E-state index is -0.417. The van der Waals surface area contributed by atoms with Crippen LogP contribution in [0, 0.1) is 5.92 Å². The van der Waals surface area contributed by atoms with E-state index in [-0.39, 0.29) is 11.9 Å². The van der Waals surface area contributed by atoms with Crippen molar-refractivity contribution in [1.82, 2.24) is 0 Å². The molecule has 1 aromatic rings. The number of hydrogen-bond acceptors (Lipinski definition) is 3. The number of benzene rings is 1. The summed E-state index contributed by atoms with van der Waals surface area (Å²) in [6.45, 7) is 9.07. The van der Waals surface area contributed by atoms with Gasteiger partial charge in [-0.25, -0.2) is 0 Å². The molecular formula is C19H30N2O2. The molecule has 23 heavy (non-hydrogen) atoms. The number of rotatable bonds is 7. The summed E-state index contributed by atoms with van der Waals surface area (Å²) >= 11 is 0. The van der Waals surface area contributed by atoms with Crippen LogP contribution in [0.3, 0.4) is 0 Å². The lowest BCUT2D eigenvalue weighted by Gasteiger charge is -2.34. The molecule has 1 amide bonds. The molecule has 2 rings (SSSR count). The number of carbonyl (C=O) groups is 1. The number of hydrogen-bond donors (Lipinski definition) is 1. The van der Waals surface area contributed by atoms with Gasteiger partial charge < -0.3 is 15.4 Å². The molecule has 2 unspecified atom stereocenters. The van der Waals surface area contributed by atoms with Crippen LogP contribution in [0.25, 0.3) is 0 Å². The van der Waals surface area contributed by atoms with E-state index in [1.165, 1.54) is 0 Å². The van der Waals surface area contributed by atoms with Crippen LogP contribution in [0.1, 0.15) is 65.0 Å². The first kappa shape index (κ1) is 17.8. The average Bonchev–Trinajstić information content (AvgIpc) is 2.50. The van der Waals surface area contributed by atoms with Gasteiger partial charge in [0.15, 0.2) is 6.10 Å². The zero-order valence-electron chi connectivity index (χ0n) is 14.8. The Balaban J connectivity index is 2.27. The lowest BCUT2D eigenvalue weighted by molar-refractivity contribution is -0.125. The second-order valence-corrected chi connectivity index (χ2v) is 6.92. The van der Waals surface area contributed by atoms with Gasteiger partial charge in [0.2, 0.25) is 0 Å². The molecule has 0 radical (unpaired) electrons. The molecular weight excluding hydrogens is 288 g/mol. The third-order valence-electron chi connectivity index (χ3n) is 4.33. The maximum absolute atomic E-state index is 12.5. The van der Waals surface area contributed by atoms with Gasteiger partial charge in [-0.1, -0.05) is 39.7 Å². The van der Waals surface area contributed by atoms with E-state index in [1.54, 1.807) is 0 Å². The van der Waals surface area contributed by atoms with Crippen LogP contribution in [-0.4, -0.2) is 18.6 Å². The van der Waals surface area contributed by atoms with Crippen LogP contribution in [0.4, 0.5) is 5.69 Å². The minimum absolute atomic E-state index is 0.00718. The van der Waals surface area contributed by atoms with E-state index >= 15 is 0 Å². The summed E-state index contributed by atoms with van der Waals surface area (Å²) in [6, 6.07) is 6.02. The van der Waals surface area contributed by atoms with Crippen LogP contribution in [0.15, 0.2) is 18.2 Å². The highest BCUT2D eigenvalue weighted by Gasteiger charge is 2.31. The quantitative estimate of drug-likeness (QED) is 0.772. The fourth-order valence-corrected chi connectivity index (χ4v) is 3.05.